The third kappa shape index (κ3) is 6.79. The smallest absolute Gasteiger partial charge is 0.232 e. The van der Waals surface area contributed by atoms with E-state index in [2.05, 4.69) is 11.9 Å². The summed E-state index contributed by atoms with van der Waals surface area (Å²) in [7, 11) is -3.41. The fraction of sp³-hybridized carbons (Fsp3) is 0.250. The molecule has 27 heavy (non-hydrogen) atoms. The first-order valence-corrected chi connectivity index (χ1v) is 10.4. The summed E-state index contributed by atoms with van der Waals surface area (Å²) in [4.78, 5) is 12.1. The van der Waals surface area contributed by atoms with Crippen LogP contribution in [-0.4, -0.2) is 33.7 Å². The van der Waals surface area contributed by atoms with Gasteiger partial charge in [0.25, 0.3) is 0 Å². The van der Waals surface area contributed by atoms with Crippen LogP contribution < -0.4 is 14.4 Å². The third-order valence-corrected chi connectivity index (χ3v) is 4.91. The van der Waals surface area contributed by atoms with Gasteiger partial charge in [0, 0.05) is 18.7 Å². The normalized spacial score (nSPS) is 10.9. The van der Waals surface area contributed by atoms with E-state index in [1.54, 1.807) is 54.6 Å². The van der Waals surface area contributed by atoms with Crippen LogP contribution in [0.25, 0.3) is 0 Å². The molecule has 1 amide bonds. The Hall–Kier alpha value is -2.80. The summed E-state index contributed by atoms with van der Waals surface area (Å²) in [5, 5.41) is 2.79. The van der Waals surface area contributed by atoms with Crippen molar-refractivity contribution in [2.45, 2.75) is 12.8 Å². The van der Waals surface area contributed by atoms with E-state index in [4.69, 9.17) is 4.74 Å². The Balaban J connectivity index is 1.86. The van der Waals surface area contributed by atoms with Crippen LogP contribution in [0, 0.1) is 0 Å². The predicted octanol–water partition coefficient (Wildman–Crippen LogP) is 3.44. The Kier molecular flexibility index (Phi) is 7.43. The van der Waals surface area contributed by atoms with E-state index in [0.717, 1.165) is 6.26 Å². The van der Waals surface area contributed by atoms with Crippen LogP contribution in [0.15, 0.2) is 67.3 Å². The maximum atomic E-state index is 12.1. The molecular formula is C20H24N2O4S. The summed E-state index contributed by atoms with van der Waals surface area (Å²) in [5.74, 6) is 0.524. The maximum Gasteiger partial charge on any atom is 0.232 e. The number of benzene rings is 2. The lowest BCUT2D eigenvalue weighted by atomic mass is 10.2. The minimum atomic E-state index is -3.41. The van der Waals surface area contributed by atoms with Gasteiger partial charge >= 0.3 is 0 Å². The largest absolute Gasteiger partial charge is 0.490 e. The van der Waals surface area contributed by atoms with E-state index >= 15 is 0 Å². The highest BCUT2D eigenvalue weighted by Gasteiger charge is 2.17. The first-order valence-electron chi connectivity index (χ1n) is 8.56. The van der Waals surface area contributed by atoms with Gasteiger partial charge in [-0.1, -0.05) is 30.9 Å². The standard InChI is InChI=1S/C20H24N2O4S/c1-3-16-26-19-13-11-17(12-14-19)21-20(23)10-7-15-22(27(2,24)25)18-8-5-4-6-9-18/h3-6,8-9,11-14H,1,7,10,15-16H2,2H3,(H,21,23). The van der Waals surface area contributed by atoms with Crippen LogP contribution in [-0.2, 0) is 14.8 Å². The first-order chi connectivity index (χ1) is 12.9. The van der Waals surface area contributed by atoms with Crippen molar-refractivity contribution in [2.24, 2.45) is 0 Å². The number of nitrogens with zero attached hydrogens (tertiary/aromatic N) is 1. The average molecular weight is 388 g/mol. The molecule has 0 spiro atoms. The van der Waals surface area contributed by atoms with Crippen molar-refractivity contribution in [1.29, 1.82) is 0 Å². The zero-order chi connectivity index (χ0) is 19.7. The molecule has 2 rings (SSSR count). The molecule has 144 valence electrons. The fourth-order valence-electron chi connectivity index (χ4n) is 2.48. The molecule has 0 bridgehead atoms. The van der Waals surface area contributed by atoms with Gasteiger partial charge in [-0.3, -0.25) is 9.10 Å². The zero-order valence-electron chi connectivity index (χ0n) is 15.3. The molecule has 0 aliphatic heterocycles. The molecule has 0 radical (unpaired) electrons. The van der Waals surface area contributed by atoms with Crippen molar-refractivity contribution in [1.82, 2.24) is 0 Å². The van der Waals surface area contributed by atoms with Crippen LogP contribution >= 0.6 is 0 Å². The number of para-hydroxylation sites is 1. The number of ether oxygens (including phenoxy) is 1. The van der Waals surface area contributed by atoms with Gasteiger partial charge in [-0.15, -0.1) is 0 Å². The van der Waals surface area contributed by atoms with E-state index in [-0.39, 0.29) is 18.9 Å². The highest BCUT2D eigenvalue weighted by Crippen LogP contribution is 2.18. The fourth-order valence-corrected chi connectivity index (χ4v) is 3.44. The number of hydrogen-bond donors (Lipinski definition) is 1. The lowest BCUT2D eigenvalue weighted by molar-refractivity contribution is -0.116. The van der Waals surface area contributed by atoms with Gasteiger partial charge in [-0.25, -0.2) is 8.42 Å². The van der Waals surface area contributed by atoms with Gasteiger partial charge in [-0.2, -0.15) is 0 Å². The van der Waals surface area contributed by atoms with Gasteiger partial charge in [0.15, 0.2) is 0 Å². The van der Waals surface area contributed by atoms with Crippen molar-refractivity contribution in [3.63, 3.8) is 0 Å². The number of carbonyl (C=O) groups excluding carboxylic acids is 1. The molecule has 2 aromatic rings. The molecule has 0 saturated heterocycles. The summed E-state index contributed by atoms with van der Waals surface area (Å²) >= 11 is 0. The van der Waals surface area contributed by atoms with E-state index in [1.165, 1.54) is 4.31 Å². The SMILES string of the molecule is C=CCOc1ccc(NC(=O)CCCN(c2ccccc2)S(C)(=O)=O)cc1. The molecule has 2 aromatic carbocycles. The third-order valence-electron chi connectivity index (χ3n) is 3.72. The van der Waals surface area contributed by atoms with Gasteiger partial charge < -0.3 is 10.1 Å². The van der Waals surface area contributed by atoms with Crippen LogP contribution in [0.2, 0.25) is 0 Å². The maximum absolute atomic E-state index is 12.1. The van der Waals surface area contributed by atoms with E-state index in [1.807, 2.05) is 6.07 Å². The van der Waals surface area contributed by atoms with E-state index in [9.17, 15) is 13.2 Å². The topological polar surface area (TPSA) is 75.7 Å². The lowest BCUT2D eigenvalue weighted by Crippen LogP contribution is -2.31. The van der Waals surface area contributed by atoms with Crippen LogP contribution in [0.3, 0.4) is 0 Å². The van der Waals surface area contributed by atoms with Gasteiger partial charge in [-0.05, 0) is 42.8 Å². The van der Waals surface area contributed by atoms with Crippen molar-refractivity contribution in [2.75, 3.05) is 29.0 Å². The summed E-state index contributed by atoms with van der Waals surface area (Å²) in [6.45, 7) is 4.25. The molecular weight excluding hydrogens is 364 g/mol. The molecule has 0 aliphatic rings. The van der Waals surface area contributed by atoms with Crippen molar-refractivity contribution >= 4 is 27.3 Å². The second-order valence-electron chi connectivity index (χ2n) is 5.95. The number of anilines is 2. The van der Waals surface area contributed by atoms with Crippen molar-refractivity contribution in [3.8, 4) is 5.75 Å². The Morgan fingerprint density at radius 1 is 1.15 bits per heavy atom. The van der Waals surface area contributed by atoms with Gasteiger partial charge in [0.2, 0.25) is 15.9 Å². The monoisotopic (exact) mass is 388 g/mol. The molecule has 0 unspecified atom stereocenters. The summed E-state index contributed by atoms with van der Waals surface area (Å²) < 4.78 is 30.7. The summed E-state index contributed by atoms with van der Waals surface area (Å²) in [6, 6.07) is 15.9. The molecule has 1 N–H and O–H groups in total. The van der Waals surface area contributed by atoms with Crippen molar-refractivity contribution in [3.05, 3.63) is 67.3 Å². The van der Waals surface area contributed by atoms with Crippen LogP contribution in [0.1, 0.15) is 12.8 Å². The Labute approximate surface area is 160 Å². The predicted molar refractivity (Wildman–Crippen MR) is 109 cm³/mol. The molecule has 0 heterocycles. The highest BCUT2D eigenvalue weighted by atomic mass is 32.2. The highest BCUT2D eigenvalue weighted by molar-refractivity contribution is 7.92. The Morgan fingerprint density at radius 2 is 1.81 bits per heavy atom. The molecule has 0 aromatic heterocycles. The second-order valence-corrected chi connectivity index (χ2v) is 7.85. The molecule has 0 atom stereocenters. The van der Waals surface area contributed by atoms with Crippen molar-refractivity contribution < 1.29 is 17.9 Å². The van der Waals surface area contributed by atoms with E-state index < -0.39 is 10.0 Å². The van der Waals surface area contributed by atoms with Crippen LogP contribution in [0.5, 0.6) is 5.75 Å². The number of amides is 1. The minimum absolute atomic E-state index is 0.170. The Morgan fingerprint density at radius 3 is 2.41 bits per heavy atom. The Bertz CT molecular complexity index is 849. The molecule has 0 saturated carbocycles. The zero-order valence-corrected chi connectivity index (χ0v) is 16.1. The number of rotatable bonds is 10. The number of sulfonamides is 1. The number of carbonyl (C=O) groups is 1. The van der Waals surface area contributed by atoms with Gasteiger partial charge in [0.05, 0.1) is 11.9 Å². The summed E-state index contributed by atoms with van der Waals surface area (Å²) in [5.41, 5.74) is 1.25. The molecule has 6 nitrogen and oxygen atoms in total. The quantitative estimate of drug-likeness (QED) is 0.633. The molecule has 0 aliphatic carbocycles. The summed E-state index contributed by atoms with van der Waals surface area (Å²) in [6.07, 6.45) is 3.45. The van der Waals surface area contributed by atoms with E-state index in [0.29, 0.717) is 30.2 Å². The molecule has 0 fully saturated rings. The second kappa shape index (κ2) is 9.78. The average Bonchev–Trinajstić information content (AvgIpc) is 2.64. The first kappa shape index (κ1) is 20.5. The van der Waals surface area contributed by atoms with Gasteiger partial charge in [0.1, 0.15) is 12.4 Å². The number of hydrogen-bond acceptors (Lipinski definition) is 4. The minimum Gasteiger partial charge on any atom is -0.490 e. The lowest BCUT2D eigenvalue weighted by Gasteiger charge is -2.22. The number of nitrogens with one attached hydrogen (secondary N) is 1. The molecule has 7 heteroatoms. The van der Waals surface area contributed by atoms with Crippen LogP contribution in [0.4, 0.5) is 11.4 Å².